The second-order valence-corrected chi connectivity index (χ2v) is 5.41. The number of carbonyl (C=O) groups is 2. The van der Waals surface area contributed by atoms with Crippen molar-refractivity contribution in [2.75, 3.05) is 6.61 Å². The van der Waals surface area contributed by atoms with Crippen LogP contribution in [0.1, 0.15) is 31.1 Å². The lowest BCUT2D eigenvalue weighted by atomic mass is 10.1. The number of ether oxygens (including phenoxy) is 2. The molecule has 0 aromatic heterocycles. The Morgan fingerprint density at radius 2 is 2.00 bits per heavy atom. The fourth-order valence-corrected chi connectivity index (χ4v) is 2.05. The van der Waals surface area contributed by atoms with Gasteiger partial charge in [-0.15, -0.1) is 0 Å². The standard InChI is InChI=1S/C13H14Cl2O4/c1-8(17)19-13(2,3)7-18-12-9(6-16)4-10(14)5-11(12)15/h4-6H,7H2,1-3H3. The van der Waals surface area contributed by atoms with E-state index < -0.39 is 11.6 Å². The monoisotopic (exact) mass is 304 g/mol. The van der Waals surface area contributed by atoms with E-state index in [9.17, 15) is 9.59 Å². The summed E-state index contributed by atoms with van der Waals surface area (Å²) in [6.45, 7) is 4.76. The van der Waals surface area contributed by atoms with Gasteiger partial charge < -0.3 is 9.47 Å². The van der Waals surface area contributed by atoms with Gasteiger partial charge in [0.25, 0.3) is 0 Å². The minimum atomic E-state index is -0.824. The van der Waals surface area contributed by atoms with E-state index in [0.717, 1.165) is 0 Å². The van der Waals surface area contributed by atoms with Crippen LogP contribution in [0.25, 0.3) is 0 Å². The molecule has 4 nitrogen and oxygen atoms in total. The van der Waals surface area contributed by atoms with Gasteiger partial charge in [0.05, 0.1) is 10.6 Å². The first kappa shape index (κ1) is 15.8. The molecule has 0 unspecified atom stereocenters. The Hall–Kier alpha value is -1.26. The molecule has 0 bridgehead atoms. The molecule has 0 atom stereocenters. The predicted octanol–water partition coefficient (Wildman–Crippen LogP) is 3.53. The summed E-state index contributed by atoms with van der Waals surface area (Å²) in [5.41, 5.74) is -0.578. The van der Waals surface area contributed by atoms with Crippen molar-refractivity contribution in [1.29, 1.82) is 0 Å². The molecule has 0 saturated carbocycles. The topological polar surface area (TPSA) is 52.6 Å². The van der Waals surface area contributed by atoms with Crippen LogP contribution < -0.4 is 4.74 Å². The Morgan fingerprint density at radius 1 is 1.37 bits per heavy atom. The van der Waals surface area contributed by atoms with Crippen molar-refractivity contribution in [3.8, 4) is 5.75 Å². The van der Waals surface area contributed by atoms with Crippen LogP contribution >= 0.6 is 23.2 Å². The van der Waals surface area contributed by atoms with Crippen LogP contribution in [0.2, 0.25) is 10.0 Å². The maximum atomic E-state index is 11.0. The third-order valence-electron chi connectivity index (χ3n) is 2.15. The minimum absolute atomic E-state index is 0.0643. The molecular weight excluding hydrogens is 291 g/mol. The van der Waals surface area contributed by atoms with Crippen LogP contribution in [-0.4, -0.2) is 24.5 Å². The van der Waals surface area contributed by atoms with Crippen LogP contribution in [0.4, 0.5) is 0 Å². The molecule has 1 aromatic carbocycles. The number of rotatable bonds is 5. The highest BCUT2D eigenvalue weighted by Gasteiger charge is 2.23. The Morgan fingerprint density at radius 3 is 2.53 bits per heavy atom. The van der Waals surface area contributed by atoms with Gasteiger partial charge in [0.15, 0.2) is 6.29 Å². The lowest BCUT2D eigenvalue weighted by molar-refractivity contribution is -0.156. The van der Waals surface area contributed by atoms with E-state index in [2.05, 4.69) is 0 Å². The number of hydrogen-bond donors (Lipinski definition) is 0. The molecule has 6 heteroatoms. The molecule has 0 aliphatic rings. The van der Waals surface area contributed by atoms with Gasteiger partial charge >= 0.3 is 5.97 Å². The molecule has 0 fully saturated rings. The van der Waals surface area contributed by atoms with Crippen molar-refractivity contribution < 1.29 is 19.1 Å². The zero-order valence-corrected chi connectivity index (χ0v) is 12.3. The van der Waals surface area contributed by atoms with Crippen LogP contribution in [-0.2, 0) is 9.53 Å². The minimum Gasteiger partial charge on any atom is -0.487 e. The fraction of sp³-hybridized carbons (Fsp3) is 0.385. The molecule has 0 aliphatic heterocycles. The second-order valence-electron chi connectivity index (χ2n) is 4.57. The van der Waals surface area contributed by atoms with Crippen molar-refractivity contribution in [2.45, 2.75) is 26.4 Å². The summed E-state index contributed by atoms with van der Waals surface area (Å²) in [5.74, 6) is -0.187. The quantitative estimate of drug-likeness (QED) is 0.617. The van der Waals surface area contributed by atoms with E-state index in [4.69, 9.17) is 32.7 Å². The number of halogens is 2. The molecule has 104 valence electrons. The van der Waals surface area contributed by atoms with Gasteiger partial charge in [0.2, 0.25) is 0 Å². The van der Waals surface area contributed by atoms with E-state index in [1.807, 2.05) is 0 Å². The third-order valence-corrected chi connectivity index (χ3v) is 2.65. The molecule has 19 heavy (non-hydrogen) atoms. The van der Waals surface area contributed by atoms with Gasteiger partial charge in [0.1, 0.15) is 18.0 Å². The van der Waals surface area contributed by atoms with E-state index in [-0.39, 0.29) is 22.9 Å². The van der Waals surface area contributed by atoms with Crippen molar-refractivity contribution in [1.82, 2.24) is 0 Å². The van der Waals surface area contributed by atoms with Gasteiger partial charge in [-0.3, -0.25) is 9.59 Å². The molecule has 1 aromatic rings. The van der Waals surface area contributed by atoms with E-state index in [1.165, 1.54) is 19.1 Å². The number of aldehydes is 1. The molecule has 0 heterocycles. The van der Waals surface area contributed by atoms with Crippen molar-refractivity contribution in [3.63, 3.8) is 0 Å². The predicted molar refractivity (Wildman–Crippen MR) is 73.2 cm³/mol. The Balaban J connectivity index is 2.88. The number of carbonyl (C=O) groups excluding carboxylic acids is 2. The summed E-state index contributed by atoms with van der Waals surface area (Å²) in [6, 6.07) is 2.93. The van der Waals surface area contributed by atoms with E-state index in [0.29, 0.717) is 11.3 Å². The van der Waals surface area contributed by atoms with Crippen LogP contribution in [0, 0.1) is 0 Å². The zero-order chi connectivity index (χ0) is 14.6. The number of hydrogen-bond acceptors (Lipinski definition) is 4. The van der Waals surface area contributed by atoms with Gasteiger partial charge in [-0.1, -0.05) is 23.2 Å². The summed E-state index contributed by atoms with van der Waals surface area (Å²) < 4.78 is 10.6. The SMILES string of the molecule is CC(=O)OC(C)(C)COc1c(Cl)cc(Cl)cc1C=O. The average molecular weight is 305 g/mol. The average Bonchev–Trinajstić information content (AvgIpc) is 2.24. The molecule has 0 N–H and O–H groups in total. The molecule has 0 aliphatic carbocycles. The second kappa shape index (κ2) is 6.26. The molecule has 0 radical (unpaired) electrons. The lowest BCUT2D eigenvalue weighted by Crippen LogP contribution is -2.34. The molecule has 0 amide bonds. The summed E-state index contributed by atoms with van der Waals surface area (Å²) in [6.07, 6.45) is 0.603. The summed E-state index contributed by atoms with van der Waals surface area (Å²) in [4.78, 5) is 21.9. The van der Waals surface area contributed by atoms with Gasteiger partial charge in [-0.2, -0.15) is 0 Å². The summed E-state index contributed by atoms with van der Waals surface area (Å²) in [5, 5.41) is 0.576. The van der Waals surface area contributed by atoms with Gasteiger partial charge in [-0.25, -0.2) is 0 Å². The Kier molecular flexibility index (Phi) is 5.20. The maximum Gasteiger partial charge on any atom is 0.303 e. The van der Waals surface area contributed by atoms with Crippen LogP contribution in [0.15, 0.2) is 12.1 Å². The summed E-state index contributed by atoms with van der Waals surface area (Å²) >= 11 is 11.8. The highest BCUT2D eigenvalue weighted by Crippen LogP contribution is 2.32. The number of benzene rings is 1. The fourth-order valence-electron chi connectivity index (χ4n) is 1.48. The maximum absolute atomic E-state index is 11.0. The Labute approximate surface area is 121 Å². The zero-order valence-electron chi connectivity index (χ0n) is 10.8. The van der Waals surface area contributed by atoms with Crippen LogP contribution in [0.3, 0.4) is 0 Å². The molecule has 0 spiro atoms. The largest absolute Gasteiger partial charge is 0.487 e. The van der Waals surface area contributed by atoms with E-state index in [1.54, 1.807) is 13.8 Å². The highest BCUT2D eigenvalue weighted by atomic mass is 35.5. The van der Waals surface area contributed by atoms with Crippen molar-refractivity contribution in [2.24, 2.45) is 0 Å². The first-order valence-corrected chi connectivity index (χ1v) is 6.27. The first-order valence-electron chi connectivity index (χ1n) is 5.52. The summed E-state index contributed by atoms with van der Waals surface area (Å²) in [7, 11) is 0. The normalized spacial score (nSPS) is 11.0. The number of esters is 1. The molecular formula is C13H14Cl2O4. The van der Waals surface area contributed by atoms with Crippen LogP contribution in [0.5, 0.6) is 5.75 Å². The van der Waals surface area contributed by atoms with Gasteiger partial charge in [0, 0.05) is 11.9 Å². The van der Waals surface area contributed by atoms with Crippen molar-refractivity contribution >= 4 is 35.5 Å². The lowest BCUT2D eigenvalue weighted by Gasteiger charge is -2.25. The highest BCUT2D eigenvalue weighted by molar-refractivity contribution is 6.36. The Bertz CT molecular complexity index is 498. The van der Waals surface area contributed by atoms with Crippen molar-refractivity contribution in [3.05, 3.63) is 27.7 Å². The van der Waals surface area contributed by atoms with E-state index >= 15 is 0 Å². The smallest absolute Gasteiger partial charge is 0.303 e. The third kappa shape index (κ3) is 4.73. The van der Waals surface area contributed by atoms with Gasteiger partial charge in [-0.05, 0) is 26.0 Å². The first-order chi connectivity index (χ1) is 8.75. The molecule has 1 rings (SSSR count). The molecule has 0 saturated heterocycles.